The average molecular weight is 194 g/mol. The summed E-state index contributed by atoms with van der Waals surface area (Å²) in [4.78, 5) is 3.30. The first kappa shape index (κ1) is 7.42. The van der Waals surface area contributed by atoms with Crippen molar-refractivity contribution in [2.75, 3.05) is 6.61 Å². The van der Waals surface area contributed by atoms with E-state index in [9.17, 15) is 0 Å². The predicted octanol–water partition coefficient (Wildman–Crippen LogP) is 2.89. The number of nitrogens with one attached hydrogen (secondary N) is 1. The Morgan fingerprint density at radius 1 is 1.38 bits per heavy atom. The molecule has 0 amide bonds. The molecule has 1 aromatic carbocycles. The molecule has 0 radical (unpaired) electrons. The molecule has 3 heteroatoms. The molecule has 2 nitrogen and oxygen atoms in total. The molecule has 2 heterocycles. The Balaban J connectivity index is 2.20. The Labute approximate surface area is 80.5 Å². The number of aromatic amines is 1. The summed E-state index contributed by atoms with van der Waals surface area (Å²) in [6.07, 6.45) is 0.283. The van der Waals surface area contributed by atoms with Gasteiger partial charge in [0.05, 0.1) is 6.61 Å². The highest BCUT2D eigenvalue weighted by Crippen LogP contribution is 2.31. The molecular formula is C10H8ClNO. The number of halogens is 1. The molecule has 1 fully saturated rings. The van der Waals surface area contributed by atoms with E-state index in [1.54, 1.807) is 0 Å². The largest absolute Gasteiger partial charge is 0.366 e. The van der Waals surface area contributed by atoms with Crippen LogP contribution in [0.2, 0.25) is 5.02 Å². The SMILES string of the molecule is Clc1ccc2[nH]c([C@@H]3CO3)cc2c1. The molecular weight excluding hydrogens is 186 g/mol. The lowest BCUT2D eigenvalue weighted by atomic mass is 10.2. The zero-order chi connectivity index (χ0) is 8.84. The van der Waals surface area contributed by atoms with Gasteiger partial charge in [0.25, 0.3) is 0 Å². The third kappa shape index (κ3) is 1.23. The van der Waals surface area contributed by atoms with Gasteiger partial charge in [-0.25, -0.2) is 0 Å². The molecule has 1 aromatic heterocycles. The van der Waals surface area contributed by atoms with Crippen molar-refractivity contribution in [2.24, 2.45) is 0 Å². The molecule has 13 heavy (non-hydrogen) atoms. The van der Waals surface area contributed by atoms with Gasteiger partial charge in [-0.2, -0.15) is 0 Å². The van der Waals surface area contributed by atoms with E-state index in [4.69, 9.17) is 16.3 Å². The molecule has 1 aliphatic rings. The highest BCUT2D eigenvalue weighted by molar-refractivity contribution is 6.31. The van der Waals surface area contributed by atoms with E-state index in [0.717, 1.165) is 28.2 Å². The zero-order valence-electron chi connectivity index (χ0n) is 6.88. The summed E-state index contributed by atoms with van der Waals surface area (Å²) in [5, 5.41) is 1.92. The van der Waals surface area contributed by atoms with Crippen LogP contribution in [0.1, 0.15) is 11.8 Å². The van der Waals surface area contributed by atoms with Crippen molar-refractivity contribution in [1.29, 1.82) is 0 Å². The molecule has 0 spiro atoms. The first-order chi connectivity index (χ1) is 6.33. The molecule has 66 valence electrons. The van der Waals surface area contributed by atoms with Crippen molar-refractivity contribution in [3.05, 3.63) is 35.0 Å². The van der Waals surface area contributed by atoms with Gasteiger partial charge in [-0.3, -0.25) is 0 Å². The van der Waals surface area contributed by atoms with Crippen LogP contribution in [0.25, 0.3) is 10.9 Å². The molecule has 0 aliphatic carbocycles. The van der Waals surface area contributed by atoms with Crippen LogP contribution in [0.5, 0.6) is 0 Å². The van der Waals surface area contributed by atoms with Crippen molar-refractivity contribution >= 4 is 22.5 Å². The summed E-state index contributed by atoms with van der Waals surface area (Å²) in [6.45, 7) is 0.834. The van der Waals surface area contributed by atoms with Crippen LogP contribution in [0, 0.1) is 0 Å². The van der Waals surface area contributed by atoms with Crippen molar-refractivity contribution in [3.63, 3.8) is 0 Å². The first-order valence-corrected chi connectivity index (χ1v) is 4.60. The second-order valence-corrected chi connectivity index (χ2v) is 3.71. The minimum atomic E-state index is 0.283. The van der Waals surface area contributed by atoms with Crippen molar-refractivity contribution in [3.8, 4) is 0 Å². The standard InChI is InChI=1S/C10H8ClNO/c11-7-1-2-8-6(3-7)4-9(12-8)10-5-13-10/h1-4,10,12H,5H2/t10-/m0/s1. The van der Waals surface area contributed by atoms with Gasteiger partial charge >= 0.3 is 0 Å². The molecule has 1 saturated heterocycles. The van der Waals surface area contributed by atoms with Crippen LogP contribution in [0.15, 0.2) is 24.3 Å². The second-order valence-electron chi connectivity index (χ2n) is 3.28. The highest BCUT2D eigenvalue weighted by Gasteiger charge is 2.26. The zero-order valence-corrected chi connectivity index (χ0v) is 7.64. The Morgan fingerprint density at radius 2 is 2.23 bits per heavy atom. The quantitative estimate of drug-likeness (QED) is 0.694. The minimum Gasteiger partial charge on any atom is -0.366 e. The third-order valence-corrected chi connectivity index (χ3v) is 2.52. The number of rotatable bonds is 1. The maximum Gasteiger partial charge on any atom is 0.121 e. The molecule has 0 saturated carbocycles. The van der Waals surface area contributed by atoms with E-state index in [0.29, 0.717) is 0 Å². The Kier molecular flexibility index (Phi) is 1.43. The number of ether oxygens (including phenoxy) is 1. The summed E-state index contributed by atoms with van der Waals surface area (Å²) < 4.78 is 5.19. The van der Waals surface area contributed by atoms with Gasteiger partial charge in [0, 0.05) is 21.6 Å². The van der Waals surface area contributed by atoms with Gasteiger partial charge in [0.2, 0.25) is 0 Å². The Hall–Kier alpha value is -0.990. The predicted molar refractivity (Wildman–Crippen MR) is 52.0 cm³/mol. The smallest absolute Gasteiger partial charge is 0.121 e. The van der Waals surface area contributed by atoms with E-state index >= 15 is 0 Å². The van der Waals surface area contributed by atoms with Gasteiger partial charge in [-0.1, -0.05) is 11.6 Å². The van der Waals surface area contributed by atoms with Crippen molar-refractivity contribution in [1.82, 2.24) is 4.98 Å². The maximum absolute atomic E-state index is 5.88. The summed E-state index contributed by atoms with van der Waals surface area (Å²) in [5.74, 6) is 0. The van der Waals surface area contributed by atoms with E-state index in [-0.39, 0.29) is 6.10 Å². The summed E-state index contributed by atoms with van der Waals surface area (Å²) >= 11 is 5.88. The van der Waals surface area contributed by atoms with Crippen LogP contribution in [0.3, 0.4) is 0 Å². The molecule has 1 atom stereocenters. The summed E-state index contributed by atoms with van der Waals surface area (Å²) in [6, 6.07) is 7.93. The third-order valence-electron chi connectivity index (χ3n) is 2.28. The second kappa shape index (κ2) is 2.50. The average Bonchev–Trinajstić information content (AvgIpc) is 2.87. The topological polar surface area (TPSA) is 28.3 Å². The number of aromatic nitrogens is 1. The van der Waals surface area contributed by atoms with Crippen LogP contribution >= 0.6 is 11.6 Å². The molecule has 0 unspecified atom stereocenters. The van der Waals surface area contributed by atoms with Gasteiger partial charge in [-0.05, 0) is 24.3 Å². The summed E-state index contributed by atoms with van der Waals surface area (Å²) in [5.41, 5.74) is 2.27. The van der Waals surface area contributed by atoms with Crippen LogP contribution < -0.4 is 0 Å². The van der Waals surface area contributed by atoms with E-state index < -0.39 is 0 Å². The lowest BCUT2D eigenvalue weighted by molar-refractivity contribution is 0.412. The van der Waals surface area contributed by atoms with Gasteiger partial charge in [-0.15, -0.1) is 0 Å². The molecule has 1 N–H and O–H groups in total. The van der Waals surface area contributed by atoms with Crippen LogP contribution in [-0.4, -0.2) is 11.6 Å². The monoisotopic (exact) mass is 193 g/mol. The molecule has 0 bridgehead atoms. The molecule has 3 rings (SSSR count). The normalized spacial score (nSPS) is 20.8. The lowest BCUT2D eigenvalue weighted by Crippen LogP contribution is -1.76. The fourth-order valence-corrected chi connectivity index (χ4v) is 1.71. The van der Waals surface area contributed by atoms with Gasteiger partial charge in [0.1, 0.15) is 6.10 Å². The number of epoxide rings is 1. The lowest BCUT2D eigenvalue weighted by Gasteiger charge is -1.88. The van der Waals surface area contributed by atoms with E-state index in [2.05, 4.69) is 11.1 Å². The number of benzene rings is 1. The fourth-order valence-electron chi connectivity index (χ4n) is 1.53. The van der Waals surface area contributed by atoms with Crippen molar-refractivity contribution in [2.45, 2.75) is 6.10 Å². The van der Waals surface area contributed by atoms with Crippen LogP contribution in [-0.2, 0) is 4.74 Å². The highest BCUT2D eigenvalue weighted by atomic mass is 35.5. The Bertz CT molecular complexity index is 459. The number of fused-ring (bicyclic) bond motifs is 1. The van der Waals surface area contributed by atoms with Gasteiger partial charge < -0.3 is 9.72 Å². The van der Waals surface area contributed by atoms with Crippen LogP contribution in [0.4, 0.5) is 0 Å². The van der Waals surface area contributed by atoms with Gasteiger partial charge in [0.15, 0.2) is 0 Å². The first-order valence-electron chi connectivity index (χ1n) is 4.23. The van der Waals surface area contributed by atoms with Crippen molar-refractivity contribution < 1.29 is 4.74 Å². The fraction of sp³-hybridized carbons (Fsp3) is 0.200. The molecule has 2 aromatic rings. The maximum atomic E-state index is 5.88. The Morgan fingerprint density at radius 3 is 3.00 bits per heavy atom. The van der Waals surface area contributed by atoms with E-state index in [1.165, 1.54) is 0 Å². The molecule has 1 aliphatic heterocycles. The number of hydrogen-bond acceptors (Lipinski definition) is 1. The number of hydrogen-bond donors (Lipinski definition) is 1. The minimum absolute atomic E-state index is 0.283. The summed E-state index contributed by atoms with van der Waals surface area (Å²) in [7, 11) is 0. The number of H-pyrrole nitrogens is 1. The van der Waals surface area contributed by atoms with E-state index in [1.807, 2.05) is 18.2 Å².